The van der Waals surface area contributed by atoms with E-state index in [2.05, 4.69) is 0 Å². The first-order chi connectivity index (χ1) is 18.3. The molecule has 3 atom stereocenters. The minimum absolute atomic E-state index is 0.102. The Kier molecular flexibility index (Phi) is 6.60. The highest BCUT2D eigenvalue weighted by atomic mass is 16.7. The maximum absolute atomic E-state index is 13.8. The monoisotopic (exact) mass is 519 g/mol. The highest BCUT2D eigenvalue weighted by molar-refractivity contribution is 6.24. The lowest BCUT2D eigenvalue weighted by atomic mass is 9.90. The molecule has 2 fully saturated rings. The van der Waals surface area contributed by atoms with Gasteiger partial charge in [-0.15, -0.1) is 0 Å². The molecule has 2 aliphatic rings. The predicted molar refractivity (Wildman–Crippen MR) is 136 cm³/mol. The van der Waals surface area contributed by atoms with E-state index in [1.54, 1.807) is 42.5 Å². The first-order valence-electron chi connectivity index (χ1n) is 12.0. The Bertz CT molecular complexity index is 1390. The molecule has 0 aromatic heterocycles. The second kappa shape index (κ2) is 10.0. The van der Waals surface area contributed by atoms with Gasteiger partial charge in [0.25, 0.3) is 11.6 Å². The van der Waals surface area contributed by atoms with Crippen LogP contribution in [0.2, 0.25) is 0 Å². The van der Waals surface area contributed by atoms with E-state index in [-0.39, 0.29) is 17.2 Å². The second-order valence-corrected chi connectivity index (χ2v) is 8.88. The average Bonchev–Trinajstić information content (AvgIpc) is 3.44. The van der Waals surface area contributed by atoms with Crippen LogP contribution in [0.15, 0.2) is 66.7 Å². The molecule has 0 aliphatic carbocycles. The number of carbonyl (C=O) groups excluding carboxylic acids is 2. The molecule has 2 saturated heterocycles. The van der Waals surface area contributed by atoms with Crippen LogP contribution in [-0.4, -0.2) is 41.7 Å². The molecule has 11 nitrogen and oxygen atoms in total. The number of hydrogen-bond acceptors (Lipinski definition) is 9. The topological polar surface area (TPSA) is 132 Å². The number of hydrogen-bond donors (Lipinski definition) is 1. The van der Waals surface area contributed by atoms with Crippen molar-refractivity contribution in [2.24, 2.45) is 5.92 Å². The summed E-state index contributed by atoms with van der Waals surface area (Å²) in [4.78, 5) is 45.3. The molecule has 38 heavy (non-hydrogen) atoms. The number of non-ortho nitro benzene ring substituents is 1. The number of phenolic OH excluding ortho intramolecular Hbond substituents is 1. The fourth-order valence-corrected chi connectivity index (χ4v) is 4.76. The molecule has 2 amide bonds. The summed E-state index contributed by atoms with van der Waals surface area (Å²) >= 11 is 0. The van der Waals surface area contributed by atoms with Crippen LogP contribution in [0, 0.1) is 16.0 Å². The highest BCUT2D eigenvalue weighted by Crippen LogP contribution is 2.49. The second-order valence-electron chi connectivity index (χ2n) is 8.88. The van der Waals surface area contributed by atoms with Gasteiger partial charge in [0.1, 0.15) is 11.7 Å². The fraction of sp³-hybridized carbons (Fsp3) is 0.259. The van der Waals surface area contributed by atoms with E-state index in [1.165, 1.54) is 36.4 Å². The van der Waals surface area contributed by atoms with Crippen LogP contribution < -0.4 is 19.4 Å². The standard InChI is InChI=1S/C27H25N3O8/c1-3-13-37-20-10-8-17(9-11-20)28-26(32)23-24(16-7-12-21(31)22(14-16)36-2)29(38-25(23)27(28)33)18-5-4-6-19(15-18)30(34)35/h4-12,14-15,23-25,31H,3,13H2,1-2H3/t23-,24-,25-/m1/s1. The van der Waals surface area contributed by atoms with E-state index in [1.807, 2.05) is 6.92 Å². The van der Waals surface area contributed by atoms with E-state index in [4.69, 9.17) is 14.3 Å². The van der Waals surface area contributed by atoms with Gasteiger partial charge in [-0.2, -0.15) is 0 Å². The lowest BCUT2D eigenvalue weighted by Gasteiger charge is -2.29. The Labute approximate surface area is 217 Å². The van der Waals surface area contributed by atoms with Gasteiger partial charge in [-0.25, -0.2) is 9.96 Å². The largest absolute Gasteiger partial charge is 0.504 e. The molecule has 0 bridgehead atoms. The third kappa shape index (κ3) is 4.26. The van der Waals surface area contributed by atoms with Crippen LogP contribution >= 0.6 is 0 Å². The summed E-state index contributed by atoms with van der Waals surface area (Å²) in [6.07, 6.45) is -0.321. The predicted octanol–water partition coefficient (Wildman–Crippen LogP) is 4.15. The number of rotatable bonds is 8. The third-order valence-corrected chi connectivity index (χ3v) is 6.52. The van der Waals surface area contributed by atoms with Crippen LogP contribution in [-0.2, 0) is 14.4 Å². The minimum atomic E-state index is -1.16. The molecule has 3 aromatic rings. The molecule has 0 unspecified atom stereocenters. The van der Waals surface area contributed by atoms with Crippen molar-refractivity contribution in [1.82, 2.24) is 0 Å². The number of fused-ring (bicyclic) bond motifs is 1. The fourth-order valence-electron chi connectivity index (χ4n) is 4.76. The molecule has 0 saturated carbocycles. The van der Waals surface area contributed by atoms with Crippen molar-refractivity contribution < 1.29 is 33.9 Å². The van der Waals surface area contributed by atoms with E-state index in [0.29, 0.717) is 29.3 Å². The van der Waals surface area contributed by atoms with Gasteiger partial charge in [-0.3, -0.25) is 24.5 Å². The molecule has 5 rings (SSSR count). The number of amides is 2. The summed E-state index contributed by atoms with van der Waals surface area (Å²) in [7, 11) is 1.39. The lowest BCUT2D eigenvalue weighted by molar-refractivity contribution is -0.384. The van der Waals surface area contributed by atoms with Gasteiger partial charge in [-0.05, 0) is 54.4 Å². The number of methoxy groups -OCH3 is 1. The van der Waals surface area contributed by atoms with E-state index >= 15 is 0 Å². The van der Waals surface area contributed by atoms with Gasteiger partial charge >= 0.3 is 0 Å². The summed E-state index contributed by atoms with van der Waals surface area (Å²) in [6.45, 7) is 2.54. The summed E-state index contributed by atoms with van der Waals surface area (Å²) in [5, 5.41) is 22.9. The normalized spacial score (nSPS) is 20.5. The van der Waals surface area contributed by atoms with Gasteiger partial charge < -0.3 is 14.6 Å². The number of aromatic hydroxyl groups is 1. The molecule has 0 radical (unpaired) electrons. The van der Waals surface area contributed by atoms with Crippen LogP contribution in [0.1, 0.15) is 24.9 Å². The number of hydroxylamine groups is 1. The number of nitro benzene ring substituents is 1. The quantitative estimate of drug-likeness (QED) is 0.265. The zero-order chi connectivity index (χ0) is 27.0. The average molecular weight is 520 g/mol. The number of anilines is 2. The minimum Gasteiger partial charge on any atom is -0.504 e. The van der Waals surface area contributed by atoms with Crippen molar-refractivity contribution in [3.05, 3.63) is 82.4 Å². The van der Waals surface area contributed by atoms with E-state index < -0.39 is 34.8 Å². The van der Waals surface area contributed by atoms with Crippen LogP contribution in [0.5, 0.6) is 17.2 Å². The van der Waals surface area contributed by atoms with E-state index in [0.717, 1.165) is 11.3 Å². The molecule has 3 aromatic carbocycles. The van der Waals surface area contributed by atoms with Crippen molar-refractivity contribution in [2.45, 2.75) is 25.5 Å². The number of imide groups is 1. The summed E-state index contributed by atoms with van der Waals surface area (Å²) in [5.74, 6) is -1.31. The number of nitrogens with zero attached hydrogens (tertiary/aromatic N) is 3. The third-order valence-electron chi connectivity index (χ3n) is 6.52. The number of ether oxygens (including phenoxy) is 2. The molecule has 0 spiro atoms. The van der Waals surface area contributed by atoms with E-state index in [9.17, 15) is 24.8 Å². The van der Waals surface area contributed by atoms with Gasteiger partial charge in [0, 0.05) is 12.1 Å². The Morgan fingerprint density at radius 3 is 2.47 bits per heavy atom. The lowest BCUT2D eigenvalue weighted by Crippen LogP contribution is -2.37. The van der Waals surface area contributed by atoms with Gasteiger partial charge in [0.15, 0.2) is 17.6 Å². The Morgan fingerprint density at radius 2 is 1.79 bits per heavy atom. The molecule has 2 aliphatic heterocycles. The first-order valence-corrected chi connectivity index (χ1v) is 12.0. The number of carbonyl (C=O) groups is 2. The number of benzene rings is 3. The zero-order valence-corrected chi connectivity index (χ0v) is 20.6. The maximum Gasteiger partial charge on any atom is 0.271 e. The molecular formula is C27H25N3O8. The van der Waals surface area contributed by atoms with Crippen molar-refractivity contribution >= 4 is 28.9 Å². The van der Waals surface area contributed by atoms with Gasteiger partial charge in [0.05, 0.1) is 36.1 Å². The van der Waals surface area contributed by atoms with Crippen LogP contribution in [0.25, 0.3) is 0 Å². The Hall–Kier alpha value is -4.64. The summed E-state index contributed by atoms with van der Waals surface area (Å²) < 4.78 is 10.8. The number of phenols is 1. The first kappa shape index (κ1) is 25.0. The molecule has 2 heterocycles. The van der Waals surface area contributed by atoms with Gasteiger partial charge in [-0.1, -0.05) is 19.1 Å². The molecule has 1 N–H and O–H groups in total. The summed E-state index contributed by atoms with van der Waals surface area (Å²) in [5.41, 5.74) is 1.03. The van der Waals surface area contributed by atoms with Crippen molar-refractivity contribution in [1.29, 1.82) is 0 Å². The zero-order valence-electron chi connectivity index (χ0n) is 20.6. The molecule has 11 heteroatoms. The Morgan fingerprint density at radius 1 is 1.03 bits per heavy atom. The van der Waals surface area contributed by atoms with Crippen molar-refractivity contribution in [2.75, 3.05) is 23.7 Å². The summed E-state index contributed by atoms with van der Waals surface area (Å²) in [6, 6.07) is 16.1. The van der Waals surface area contributed by atoms with Crippen molar-refractivity contribution in [3.63, 3.8) is 0 Å². The van der Waals surface area contributed by atoms with Gasteiger partial charge in [0.2, 0.25) is 5.91 Å². The smallest absolute Gasteiger partial charge is 0.271 e. The highest BCUT2D eigenvalue weighted by Gasteiger charge is 2.60. The van der Waals surface area contributed by atoms with Crippen LogP contribution in [0.4, 0.5) is 17.1 Å². The Balaban J connectivity index is 1.55. The van der Waals surface area contributed by atoms with Crippen molar-refractivity contribution in [3.8, 4) is 17.2 Å². The van der Waals surface area contributed by atoms with Crippen LogP contribution in [0.3, 0.4) is 0 Å². The maximum atomic E-state index is 13.8. The SMILES string of the molecule is CCCOc1ccc(N2C(=O)[C@@H]3[C@@H](c4ccc(O)c(OC)c4)N(c4cccc([N+](=O)[O-])c4)O[C@H]3C2=O)cc1. The molecule has 196 valence electrons. The number of nitro groups is 1. The molecular weight excluding hydrogens is 494 g/mol.